The Labute approximate surface area is 257 Å². The molecule has 3 heteroatoms. The highest BCUT2D eigenvalue weighted by molar-refractivity contribution is 5.94. The second-order valence-electron chi connectivity index (χ2n) is 11.9. The van der Waals surface area contributed by atoms with Crippen molar-refractivity contribution < 1.29 is 4.74 Å². The molecule has 2 heterocycles. The first kappa shape index (κ1) is 26.1. The molecule has 1 aliphatic rings. The Hall–Kier alpha value is -5.54. The molecule has 0 N–H and O–H groups in total. The topological polar surface area (TPSA) is 35.0 Å². The van der Waals surface area contributed by atoms with Crippen molar-refractivity contribution in [2.75, 3.05) is 0 Å². The lowest BCUT2D eigenvalue weighted by Crippen LogP contribution is -2.24. The van der Waals surface area contributed by atoms with Crippen LogP contribution in [0.25, 0.3) is 55.8 Å². The van der Waals surface area contributed by atoms with E-state index in [2.05, 4.69) is 123 Å². The SMILES string of the molecule is CC1(C)c2ccccc2Oc2cc(-c3ccc(-c4cccc(-c5nc(-c6ccccc6)nc6ccccc56)c4)cc3)ccc21. The molecule has 0 saturated heterocycles. The smallest absolute Gasteiger partial charge is 0.160 e. The number of hydrogen-bond donors (Lipinski definition) is 0. The first-order valence-corrected chi connectivity index (χ1v) is 15.0. The summed E-state index contributed by atoms with van der Waals surface area (Å²) in [6, 6.07) is 50.7. The van der Waals surface area contributed by atoms with E-state index in [1.54, 1.807) is 0 Å². The molecular formula is C41H30N2O. The predicted molar refractivity (Wildman–Crippen MR) is 180 cm³/mol. The molecule has 44 heavy (non-hydrogen) atoms. The standard InChI is InChI=1S/C41H30N2O/c1-41(2)34-16-7-9-18-37(34)44-38-26-31(23-24-35(38)41)28-21-19-27(20-22-28)30-13-10-14-32(25-30)39-33-15-6-8-17-36(33)42-40(43-39)29-11-4-3-5-12-29/h3-26H,1-2H3. The first-order chi connectivity index (χ1) is 21.5. The van der Waals surface area contributed by atoms with Crippen LogP contribution in [-0.4, -0.2) is 9.97 Å². The molecule has 0 spiro atoms. The van der Waals surface area contributed by atoms with E-state index in [0.29, 0.717) is 0 Å². The van der Waals surface area contributed by atoms with Gasteiger partial charge in [-0.1, -0.05) is 135 Å². The Kier molecular flexibility index (Phi) is 6.13. The molecule has 0 bridgehead atoms. The third kappa shape index (κ3) is 4.45. The Morgan fingerprint density at radius 1 is 0.455 bits per heavy atom. The van der Waals surface area contributed by atoms with Crippen LogP contribution in [0.1, 0.15) is 25.0 Å². The number of nitrogens with zero attached hydrogens (tertiary/aromatic N) is 2. The van der Waals surface area contributed by atoms with E-state index in [0.717, 1.165) is 67.3 Å². The van der Waals surface area contributed by atoms with Crippen molar-refractivity contribution in [3.05, 3.63) is 157 Å². The highest BCUT2D eigenvalue weighted by atomic mass is 16.5. The molecule has 1 aliphatic heterocycles. The molecule has 6 aromatic carbocycles. The highest BCUT2D eigenvalue weighted by Gasteiger charge is 2.34. The summed E-state index contributed by atoms with van der Waals surface area (Å²) in [4.78, 5) is 9.94. The first-order valence-electron chi connectivity index (χ1n) is 15.0. The molecule has 0 saturated carbocycles. The van der Waals surface area contributed by atoms with Gasteiger partial charge in [0.15, 0.2) is 5.82 Å². The van der Waals surface area contributed by atoms with E-state index in [9.17, 15) is 0 Å². The summed E-state index contributed by atoms with van der Waals surface area (Å²) in [5.41, 5.74) is 10.9. The van der Waals surface area contributed by atoms with Crippen LogP contribution in [0.4, 0.5) is 0 Å². The lowest BCUT2D eigenvalue weighted by Gasteiger charge is -2.34. The number of aromatic nitrogens is 2. The van der Waals surface area contributed by atoms with Crippen molar-refractivity contribution in [1.82, 2.24) is 9.97 Å². The van der Waals surface area contributed by atoms with Crippen LogP contribution in [0.5, 0.6) is 11.5 Å². The fourth-order valence-electron chi connectivity index (χ4n) is 6.35. The summed E-state index contributed by atoms with van der Waals surface area (Å²) >= 11 is 0. The number of fused-ring (bicyclic) bond motifs is 3. The molecule has 0 fully saturated rings. The lowest BCUT2D eigenvalue weighted by molar-refractivity contribution is 0.418. The zero-order chi connectivity index (χ0) is 29.7. The summed E-state index contributed by atoms with van der Waals surface area (Å²) in [7, 11) is 0. The molecule has 0 radical (unpaired) electrons. The van der Waals surface area contributed by atoms with Crippen LogP contribution in [0, 0.1) is 0 Å². The Balaban J connectivity index is 1.13. The Morgan fingerprint density at radius 2 is 1.07 bits per heavy atom. The van der Waals surface area contributed by atoms with Crippen LogP contribution in [0.15, 0.2) is 146 Å². The minimum Gasteiger partial charge on any atom is -0.457 e. The normalized spacial score (nSPS) is 13.1. The zero-order valence-corrected chi connectivity index (χ0v) is 24.7. The Morgan fingerprint density at radius 3 is 1.89 bits per heavy atom. The van der Waals surface area contributed by atoms with Crippen molar-refractivity contribution in [3.8, 4) is 56.4 Å². The molecular weight excluding hydrogens is 536 g/mol. The van der Waals surface area contributed by atoms with Gasteiger partial charge < -0.3 is 4.74 Å². The van der Waals surface area contributed by atoms with E-state index < -0.39 is 0 Å². The number of para-hydroxylation sites is 2. The third-order valence-corrected chi connectivity index (χ3v) is 8.76. The number of ether oxygens (including phenoxy) is 1. The largest absolute Gasteiger partial charge is 0.457 e. The molecule has 7 aromatic rings. The molecule has 1 aromatic heterocycles. The summed E-state index contributed by atoms with van der Waals surface area (Å²) in [5, 5.41) is 1.04. The van der Waals surface area contributed by atoms with Crippen LogP contribution < -0.4 is 4.74 Å². The average molecular weight is 567 g/mol. The van der Waals surface area contributed by atoms with Gasteiger partial charge in [0.2, 0.25) is 0 Å². The molecule has 0 amide bonds. The van der Waals surface area contributed by atoms with Gasteiger partial charge >= 0.3 is 0 Å². The van der Waals surface area contributed by atoms with Crippen molar-refractivity contribution in [2.24, 2.45) is 0 Å². The number of hydrogen-bond acceptors (Lipinski definition) is 3. The molecule has 8 rings (SSSR count). The minimum atomic E-state index is -0.117. The summed E-state index contributed by atoms with van der Waals surface area (Å²) < 4.78 is 6.38. The summed E-state index contributed by atoms with van der Waals surface area (Å²) in [6.07, 6.45) is 0. The van der Waals surface area contributed by atoms with E-state index in [4.69, 9.17) is 14.7 Å². The average Bonchev–Trinajstić information content (AvgIpc) is 3.08. The maximum Gasteiger partial charge on any atom is 0.160 e. The van der Waals surface area contributed by atoms with Gasteiger partial charge in [0.05, 0.1) is 11.2 Å². The van der Waals surface area contributed by atoms with Gasteiger partial charge in [-0.2, -0.15) is 0 Å². The molecule has 3 nitrogen and oxygen atoms in total. The van der Waals surface area contributed by atoms with E-state index >= 15 is 0 Å². The zero-order valence-electron chi connectivity index (χ0n) is 24.7. The van der Waals surface area contributed by atoms with Gasteiger partial charge in [-0.05, 0) is 46.5 Å². The molecule has 210 valence electrons. The van der Waals surface area contributed by atoms with Gasteiger partial charge in [-0.25, -0.2) is 9.97 Å². The van der Waals surface area contributed by atoms with Gasteiger partial charge in [-0.3, -0.25) is 0 Å². The summed E-state index contributed by atoms with van der Waals surface area (Å²) in [5.74, 6) is 2.59. The van der Waals surface area contributed by atoms with E-state index in [1.807, 2.05) is 36.4 Å². The second kappa shape index (κ2) is 10.3. The third-order valence-electron chi connectivity index (χ3n) is 8.76. The van der Waals surface area contributed by atoms with Gasteiger partial charge in [0, 0.05) is 33.1 Å². The molecule has 0 aliphatic carbocycles. The van der Waals surface area contributed by atoms with Gasteiger partial charge in [-0.15, -0.1) is 0 Å². The molecule has 0 atom stereocenters. The van der Waals surface area contributed by atoms with Crippen molar-refractivity contribution in [3.63, 3.8) is 0 Å². The maximum atomic E-state index is 6.38. The van der Waals surface area contributed by atoms with E-state index in [-0.39, 0.29) is 5.41 Å². The monoisotopic (exact) mass is 566 g/mol. The maximum absolute atomic E-state index is 6.38. The van der Waals surface area contributed by atoms with Crippen LogP contribution in [-0.2, 0) is 5.41 Å². The summed E-state index contributed by atoms with van der Waals surface area (Å²) in [6.45, 7) is 4.53. The predicted octanol–water partition coefficient (Wildman–Crippen LogP) is 10.7. The van der Waals surface area contributed by atoms with Crippen molar-refractivity contribution >= 4 is 10.9 Å². The van der Waals surface area contributed by atoms with Crippen LogP contribution in [0.3, 0.4) is 0 Å². The quantitative estimate of drug-likeness (QED) is 0.213. The van der Waals surface area contributed by atoms with E-state index in [1.165, 1.54) is 11.1 Å². The lowest BCUT2D eigenvalue weighted by atomic mass is 9.75. The fourth-order valence-corrected chi connectivity index (χ4v) is 6.35. The van der Waals surface area contributed by atoms with Gasteiger partial charge in [0.1, 0.15) is 11.5 Å². The minimum absolute atomic E-state index is 0.117. The van der Waals surface area contributed by atoms with Crippen LogP contribution >= 0.6 is 0 Å². The molecule has 0 unspecified atom stereocenters. The highest BCUT2D eigenvalue weighted by Crippen LogP contribution is 2.48. The second-order valence-corrected chi connectivity index (χ2v) is 11.9. The van der Waals surface area contributed by atoms with Crippen molar-refractivity contribution in [1.29, 1.82) is 0 Å². The number of benzene rings is 6. The van der Waals surface area contributed by atoms with Crippen molar-refractivity contribution in [2.45, 2.75) is 19.3 Å². The van der Waals surface area contributed by atoms with Crippen LogP contribution in [0.2, 0.25) is 0 Å². The van der Waals surface area contributed by atoms with Gasteiger partial charge in [0.25, 0.3) is 0 Å². The fraction of sp³-hybridized carbons (Fsp3) is 0.0732. The number of rotatable bonds is 4. The Bertz CT molecular complexity index is 2160.